The van der Waals surface area contributed by atoms with Gasteiger partial charge in [-0.15, -0.1) is 0 Å². The molecule has 0 amide bonds. The van der Waals surface area contributed by atoms with Gasteiger partial charge in [-0.3, -0.25) is 0 Å². The Labute approximate surface area is 115 Å². The lowest BCUT2D eigenvalue weighted by molar-refractivity contribution is -0.138. The largest absolute Gasteiger partial charge is 0.416 e. The van der Waals surface area contributed by atoms with Crippen LogP contribution < -0.4 is 5.32 Å². The Morgan fingerprint density at radius 1 is 1.35 bits per heavy atom. The lowest BCUT2D eigenvalue weighted by Gasteiger charge is -2.28. The fourth-order valence-electron chi connectivity index (χ4n) is 2.40. The number of halogens is 4. The Hall–Kier alpha value is -1.14. The standard InChI is InChI=1S/C14H17F4NO/c1-9-6-12(4-5-20-9)19-8-10-2-3-11(15)7-13(10)14(16,17)18/h2-3,7,9,12,19H,4-6,8H2,1H3. The van der Waals surface area contributed by atoms with Gasteiger partial charge in [-0.25, -0.2) is 4.39 Å². The van der Waals surface area contributed by atoms with Crippen molar-refractivity contribution in [2.24, 2.45) is 0 Å². The zero-order valence-electron chi connectivity index (χ0n) is 11.1. The van der Waals surface area contributed by atoms with Crippen molar-refractivity contribution in [3.63, 3.8) is 0 Å². The van der Waals surface area contributed by atoms with Gasteiger partial charge < -0.3 is 10.1 Å². The zero-order chi connectivity index (χ0) is 14.8. The highest BCUT2D eigenvalue weighted by atomic mass is 19.4. The molecule has 0 bridgehead atoms. The predicted octanol–water partition coefficient (Wildman–Crippen LogP) is 3.50. The minimum Gasteiger partial charge on any atom is -0.378 e. The highest BCUT2D eigenvalue weighted by Gasteiger charge is 2.33. The van der Waals surface area contributed by atoms with Gasteiger partial charge in [0.05, 0.1) is 11.7 Å². The average molecular weight is 291 g/mol. The molecule has 1 aliphatic rings. The van der Waals surface area contributed by atoms with Gasteiger partial charge in [-0.05, 0) is 37.5 Å². The molecule has 1 aliphatic heterocycles. The van der Waals surface area contributed by atoms with Crippen LogP contribution in [0.5, 0.6) is 0 Å². The van der Waals surface area contributed by atoms with Crippen LogP contribution in [0.4, 0.5) is 17.6 Å². The summed E-state index contributed by atoms with van der Waals surface area (Å²) in [6.07, 6.45) is -2.89. The molecule has 112 valence electrons. The summed E-state index contributed by atoms with van der Waals surface area (Å²) in [6, 6.07) is 2.92. The minimum absolute atomic E-state index is 0.0676. The second-order valence-electron chi connectivity index (χ2n) is 5.08. The van der Waals surface area contributed by atoms with Crippen LogP contribution >= 0.6 is 0 Å². The quantitative estimate of drug-likeness (QED) is 0.861. The van der Waals surface area contributed by atoms with E-state index in [-0.39, 0.29) is 24.3 Å². The first-order chi connectivity index (χ1) is 9.36. The Bertz CT molecular complexity index is 461. The molecule has 2 nitrogen and oxygen atoms in total. The van der Waals surface area contributed by atoms with Crippen LogP contribution in [0.25, 0.3) is 0 Å². The summed E-state index contributed by atoms with van der Waals surface area (Å²) in [4.78, 5) is 0. The highest BCUT2D eigenvalue weighted by molar-refractivity contribution is 5.30. The van der Waals surface area contributed by atoms with Gasteiger partial charge in [0.15, 0.2) is 0 Å². The monoisotopic (exact) mass is 291 g/mol. The normalized spacial score (nSPS) is 23.9. The lowest BCUT2D eigenvalue weighted by atomic mass is 10.0. The summed E-state index contributed by atoms with van der Waals surface area (Å²) in [7, 11) is 0. The number of benzene rings is 1. The van der Waals surface area contributed by atoms with E-state index in [1.165, 1.54) is 6.07 Å². The van der Waals surface area contributed by atoms with Crippen molar-refractivity contribution in [1.29, 1.82) is 0 Å². The second kappa shape index (κ2) is 6.10. The molecule has 1 heterocycles. The molecule has 2 unspecified atom stereocenters. The second-order valence-corrected chi connectivity index (χ2v) is 5.08. The Morgan fingerprint density at radius 3 is 2.75 bits per heavy atom. The van der Waals surface area contributed by atoms with Gasteiger partial charge in [-0.1, -0.05) is 6.07 Å². The molecular weight excluding hydrogens is 274 g/mol. The molecule has 20 heavy (non-hydrogen) atoms. The van der Waals surface area contributed by atoms with Crippen LogP contribution in [0.2, 0.25) is 0 Å². The number of hydrogen-bond donors (Lipinski definition) is 1. The molecule has 2 atom stereocenters. The first-order valence-electron chi connectivity index (χ1n) is 6.57. The van der Waals surface area contributed by atoms with E-state index in [1.54, 1.807) is 0 Å². The van der Waals surface area contributed by atoms with Crippen LogP contribution in [0.15, 0.2) is 18.2 Å². The molecule has 0 saturated carbocycles. The Balaban J connectivity index is 2.05. The first kappa shape index (κ1) is 15.3. The van der Waals surface area contributed by atoms with Crippen molar-refractivity contribution < 1.29 is 22.3 Å². The van der Waals surface area contributed by atoms with Gasteiger partial charge in [0.25, 0.3) is 0 Å². The van der Waals surface area contributed by atoms with Gasteiger partial charge >= 0.3 is 6.18 Å². The summed E-state index contributed by atoms with van der Waals surface area (Å²) >= 11 is 0. The predicted molar refractivity (Wildman–Crippen MR) is 66.7 cm³/mol. The number of alkyl halides is 3. The molecule has 0 radical (unpaired) electrons. The van der Waals surface area contributed by atoms with E-state index in [9.17, 15) is 17.6 Å². The van der Waals surface area contributed by atoms with Gasteiger partial charge in [0.1, 0.15) is 5.82 Å². The van der Waals surface area contributed by atoms with Gasteiger partial charge in [0.2, 0.25) is 0 Å². The van der Waals surface area contributed by atoms with Crippen LogP contribution in [0.3, 0.4) is 0 Å². The summed E-state index contributed by atoms with van der Waals surface area (Å²) < 4.78 is 56.9. The highest BCUT2D eigenvalue weighted by Crippen LogP contribution is 2.32. The van der Waals surface area contributed by atoms with Gasteiger partial charge in [-0.2, -0.15) is 13.2 Å². The fraction of sp³-hybridized carbons (Fsp3) is 0.571. The number of ether oxygens (including phenoxy) is 1. The maximum atomic E-state index is 13.0. The van der Waals surface area contributed by atoms with Gasteiger partial charge in [0, 0.05) is 19.2 Å². The van der Waals surface area contributed by atoms with Crippen molar-refractivity contribution in [3.05, 3.63) is 35.1 Å². The first-order valence-corrected chi connectivity index (χ1v) is 6.57. The molecule has 1 N–H and O–H groups in total. The van der Waals surface area contributed by atoms with Crippen LogP contribution in [0, 0.1) is 5.82 Å². The van der Waals surface area contributed by atoms with Crippen molar-refractivity contribution in [1.82, 2.24) is 5.32 Å². The molecule has 1 aromatic rings. The van der Waals surface area contributed by atoms with Crippen molar-refractivity contribution in [3.8, 4) is 0 Å². The summed E-state index contributed by atoms with van der Waals surface area (Å²) in [5, 5.41) is 3.10. The van der Waals surface area contributed by atoms with Crippen molar-refractivity contribution in [2.45, 2.75) is 44.6 Å². The molecule has 1 saturated heterocycles. The molecule has 1 fully saturated rings. The van der Waals surface area contributed by atoms with E-state index >= 15 is 0 Å². The van der Waals surface area contributed by atoms with Crippen LogP contribution in [0.1, 0.15) is 30.9 Å². The van der Waals surface area contributed by atoms with Crippen molar-refractivity contribution >= 4 is 0 Å². The maximum absolute atomic E-state index is 13.0. The number of hydrogen-bond acceptors (Lipinski definition) is 2. The van der Waals surface area contributed by atoms with E-state index < -0.39 is 17.6 Å². The fourth-order valence-corrected chi connectivity index (χ4v) is 2.40. The van der Waals surface area contributed by atoms with E-state index in [0.29, 0.717) is 12.7 Å². The molecule has 0 spiro atoms. The van der Waals surface area contributed by atoms with Crippen LogP contribution in [-0.4, -0.2) is 18.8 Å². The molecule has 1 aromatic carbocycles. The topological polar surface area (TPSA) is 21.3 Å². The van der Waals surface area contributed by atoms with Crippen LogP contribution in [-0.2, 0) is 17.5 Å². The summed E-state index contributed by atoms with van der Waals surface area (Å²) in [5.74, 6) is -0.874. The molecule has 2 rings (SSSR count). The maximum Gasteiger partial charge on any atom is 0.416 e. The van der Waals surface area contributed by atoms with E-state index in [0.717, 1.165) is 18.9 Å². The zero-order valence-corrected chi connectivity index (χ0v) is 11.1. The average Bonchev–Trinajstić information content (AvgIpc) is 2.36. The summed E-state index contributed by atoms with van der Waals surface area (Å²) in [5.41, 5.74) is -0.844. The smallest absolute Gasteiger partial charge is 0.378 e. The molecule has 0 aromatic heterocycles. The molecule has 6 heteroatoms. The lowest BCUT2D eigenvalue weighted by Crippen LogP contribution is -2.37. The minimum atomic E-state index is -4.54. The molecule has 0 aliphatic carbocycles. The van der Waals surface area contributed by atoms with E-state index in [2.05, 4.69) is 5.32 Å². The van der Waals surface area contributed by atoms with E-state index in [1.807, 2.05) is 6.92 Å². The third-order valence-electron chi connectivity index (χ3n) is 3.44. The Morgan fingerprint density at radius 2 is 2.10 bits per heavy atom. The molecular formula is C14H17F4NO. The Kier molecular flexibility index (Phi) is 4.65. The third kappa shape index (κ3) is 3.93. The number of rotatable bonds is 3. The number of nitrogens with one attached hydrogen (secondary N) is 1. The van der Waals surface area contributed by atoms with E-state index in [4.69, 9.17) is 4.74 Å². The SMILES string of the molecule is CC1CC(NCc2ccc(F)cc2C(F)(F)F)CCO1. The summed E-state index contributed by atoms with van der Waals surface area (Å²) in [6.45, 7) is 2.62. The third-order valence-corrected chi connectivity index (χ3v) is 3.44. The van der Waals surface area contributed by atoms with Crippen molar-refractivity contribution in [2.75, 3.05) is 6.61 Å².